The van der Waals surface area contributed by atoms with Crippen molar-refractivity contribution in [2.75, 3.05) is 11.9 Å². The van der Waals surface area contributed by atoms with E-state index in [4.69, 9.17) is 16.6 Å². The fraction of sp³-hybridized carbons (Fsp3) is 0.188. The molecule has 3 aromatic rings. The molecule has 0 amide bonds. The number of anilines is 1. The minimum Gasteiger partial charge on any atom is -0.355 e. The fourth-order valence-corrected chi connectivity index (χ4v) is 3.23. The lowest BCUT2D eigenvalue weighted by Crippen LogP contribution is -2.17. The van der Waals surface area contributed by atoms with Gasteiger partial charge in [0.1, 0.15) is 5.82 Å². The van der Waals surface area contributed by atoms with Crippen LogP contribution in [0.2, 0.25) is 0 Å². The van der Waals surface area contributed by atoms with Gasteiger partial charge in [0.15, 0.2) is 0 Å². The molecule has 1 aromatic carbocycles. The Labute approximate surface area is 127 Å². The Hall–Kier alpha value is -1.58. The van der Waals surface area contributed by atoms with Crippen LogP contribution < -0.4 is 4.90 Å². The molecule has 0 spiro atoms. The van der Waals surface area contributed by atoms with Gasteiger partial charge in [-0.3, -0.25) is 0 Å². The van der Waals surface area contributed by atoms with Gasteiger partial charge in [-0.1, -0.05) is 24.3 Å². The third-order valence-electron chi connectivity index (χ3n) is 3.30. The standard InChI is InChI=1S/C16H15ClN2S/c1-19(11-13-5-4-8-20-13)16-9-12(10-17)14-6-2-3-7-15(14)18-16/h2-9H,10-11H2,1H3. The molecular weight excluding hydrogens is 288 g/mol. The van der Waals surface area contributed by atoms with Gasteiger partial charge in [-0.2, -0.15) is 0 Å². The van der Waals surface area contributed by atoms with Crippen LogP contribution in [0.15, 0.2) is 47.8 Å². The summed E-state index contributed by atoms with van der Waals surface area (Å²) >= 11 is 7.85. The van der Waals surface area contributed by atoms with Crippen LogP contribution in [-0.4, -0.2) is 12.0 Å². The van der Waals surface area contributed by atoms with Crippen molar-refractivity contribution in [3.8, 4) is 0 Å². The Morgan fingerprint density at radius 2 is 2.05 bits per heavy atom. The van der Waals surface area contributed by atoms with Gasteiger partial charge >= 0.3 is 0 Å². The number of para-hydroxylation sites is 1. The number of hydrogen-bond donors (Lipinski definition) is 0. The summed E-state index contributed by atoms with van der Waals surface area (Å²) in [5.74, 6) is 1.47. The Morgan fingerprint density at radius 3 is 2.80 bits per heavy atom. The number of rotatable bonds is 4. The average Bonchev–Trinajstić information content (AvgIpc) is 2.99. The molecule has 0 aliphatic rings. The Morgan fingerprint density at radius 1 is 1.20 bits per heavy atom. The van der Waals surface area contributed by atoms with Crippen molar-refractivity contribution in [1.82, 2.24) is 4.98 Å². The van der Waals surface area contributed by atoms with Crippen molar-refractivity contribution < 1.29 is 0 Å². The van der Waals surface area contributed by atoms with E-state index in [-0.39, 0.29) is 0 Å². The van der Waals surface area contributed by atoms with E-state index in [9.17, 15) is 0 Å². The van der Waals surface area contributed by atoms with E-state index in [1.807, 2.05) is 18.2 Å². The molecule has 2 nitrogen and oxygen atoms in total. The van der Waals surface area contributed by atoms with E-state index in [0.29, 0.717) is 5.88 Å². The van der Waals surface area contributed by atoms with E-state index in [0.717, 1.165) is 28.8 Å². The summed E-state index contributed by atoms with van der Waals surface area (Å²) in [6.45, 7) is 0.866. The summed E-state index contributed by atoms with van der Waals surface area (Å²) in [4.78, 5) is 8.23. The molecule has 0 unspecified atom stereocenters. The van der Waals surface area contributed by atoms with Crippen LogP contribution >= 0.6 is 22.9 Å². The molecule has 0 atom stereocenters. The zero-order valence-electron chi connectivity index (χ0n) is 11.2. The number of aromatic nitrogens is 1. The highest BCUT2D eigenvalue weighted by Gasteiger charge is 2.09. The van der Waals surface area contributed by atoms with Gasteiger partial charge in [-0.05, 0) is 29.1 Å². The van der Waals surface area contributed by atoms with Crippen molar-refractivity contribution >= 4 is 39.7 Å². The smallest absolute Gasteiger partial charge is 0.129 e. The largest absolute Gasteiger partial charge is 0.355 e. The molecule has 0 bridgehead atoms. The maximum atomic E-state index is 6.08. The summed E-state index contributed by atoms with van der Waals surface area (Å²) < 4.78 is 0. The summed E-state index contributed by atoms with van der Waals surface area (Å²) in [5.41, 5.74) is 2.13. The summed E-state index contributed by atoms with van der Waals surface area (Å²) in [6, 6.07) is 14.4. The third-order valence-corrected chi connectivity index (χ3v) is 4.45. The highest BCUT2D eigenvalue weighted by atomic mass is 35.5. The second-order valence-corrected chi connectivity index (χ2v) is 6.03. The van der Waals surface area contributed by atoms with Gasteiger partial charge in [0.05, 0.1) is 12.1 Å². The van der Waals surface area contributed by atoms with Crippen LogP contribution in [0.25, 0.3) is 10.9 Å². The molecule has 0 N–H and O–H groups in total. The second-order valence-electron chi connectivity index (χ2n) is 4.73. The van der Waals surface area contributed by atoms with E-state index < -0.39 is 0 Å². The van der Waals surface area contributed by atoms with Crippen molar-refractivity contribution in [3.63, 3.8) is 0 Å². The first-order valence-corrected chi connectivity index (χ1v) is 7.87. The van der Waals surface area contributed by atoms with Gasteiger partial charge in [0.2, 0.25) is 0 Å². The monoisotopic (exact) mass is 302 g/mol. The molecule has 102 valence electrons. The van der Waals surface area contributed by atoms with Crippen molar-refractivity contribution in [2.24, 2.45) is 0 Å². The topological polar surface area (TPSA) is 16.1 Å². The molecule has 2 aromatic heterocycles. The van der Waals surface area contributed by atoms with E-state index >= 15 is 0 Å². The lowest BCUT2D eigenvalue weighted by atomic mass is 10.1. The van der Waals surface area contributed by atoms with Crippen LogP contribution in [0.3, 0.4) is 0 Å². The van der Waals surface area contributed by atoms with Crippen molar-refractivity contribution in [1.29, 1.82) is 0 Å². The van der Waals surface area contributed by atoms with E-state index in [1.54, 1.807) is 11.3 Å². The second kappa shape index (κ2) is 5.81. The van der Waals surface area contributed by atoms with E-state index in [1.165, 1.54) is 4.88 Å². The predicted molar refractivity (Wildman–Crippen MR) is 87.7 cm³/mol. The zero-order chi connectivity index (χ0) is 13.9. The Bertz CT molecular complexity index is 710. The highest BCUT2D eigenvalue weighted by Crippen LogP contribution is 2.25. The van der Waals surface area contributed by atoms with Crippen LogP contribution in [-0.2, 0) is 12.4 Å². The summed E-state index contributed by atoms with van der Waals surface area (Å²) in [7, 11) is 2.06. The molecule has 0 fully saturated rings. The van der Waals surface area contributed by atoms with Gasteiger partial charge in [-0.15, -0.1) is 22.9 Å². The first-order valence-electron chi connectivity index (χ1n) is 6.46. The molecule has 0 saturated heterocycles. The number of hydrogen-bond acceptors (Lipinski definition) is 3. The lowest BCUT2D eigenvalue weighted by Gasteiger charge is -2.19. The number of benzene rings is 1. The maximum Gasteiger partial charge on any atom is 0.129 e. The van der Waals surface area contributed by atoms with Gasteiger partial charge in [0, 0.05) is 23.2 Å². The Kier molecular flexibility index (Phi) is 3.90. The Balaban J connectivity index is 1.98. The summed E-state index contributed by atoms with van der Waals surface area (Å²) in [5, 5.41) is 3.23. The molecular formula is C16H15ClN2S. The highest BCUT2D eigenvalue weighted by molar-refractivity contribution is 7.09. The fourth-order valence-electron chi connectivity index (χ4n) is 2.26. The van der Waals surface area contributed by atoms with E-state index in [2.05, 4.69) is 41.6 Å². The average molecular weight is 303 g/mol. The molecule has 0 saturated carbocycles. The van der Waals surface area contributed by atoms with Crippen LogP contribution in [0.5, 0.6) is 0 Å². The normalized spacial score (nSPS) is 10.9. The van der Waals surface area contributed by atoms with Crippen molar-refractivity contribution in [2.45, 2.75) is 12.4 Å². The zero-order valence-corrected chi connectivity index (χ0v) is 12.8. The predicted octanol–water partition coefficient (Wildman–Crippen LogP) is 4.67. The van der Waals surface area contributed by atoms with Gasteiger partial charge in [-0.25, -0.2) is 4.98 Å². The number of nitrogens with zero attached hydrogens (tertiary/aromatic N) is 2. The minimum atomic E-state index is 0.503. The molecule has 0 aliphatic carbocycles. The third kappa shape index (κ3) is 2.65. The molecule has 20 heavy (non-hydrogen) atoms. The van der Waals surface area contributed by atoms with Crippen LogP contribution in [0.4, 0.5) is 5.82 Å². The molecule has 2 heterocycles. The first-order chi connectivity index (χ1) is 9.78. The molecule has 4 heteroatoms. The summed E-state index contributed by atoms with van der Waals surface area (Å²) in [6.07, 6.45) is 0. The number of thiophene rings is 1. The van der Waals surface area contributed by atoms with Crippen LogP contribution in [0, 0.1) is 0 Å². The number of pyridine rings is 1. The first kappa shape index (κ1) is 13.4. The number of fused-ring (bicyclic) bond motifs is 1. The maximum absolute atomic E-state index is 6.08. The molecule has 0 radical (unpaired) electrons. The minimum absolute atomic E-state index is 0.503. The lowest BCUT2D eigenvalue weighted by molar-refractivity contribution is 0.916. The van der Waals surface area contributed by atoms with Crippen LogP contribution in [0.1, 0.15) is 10.4 Å². The molecule has 0 aliphatic heterocycles. The number of alkyl halides is 1. The van der Waals surface area contributed by atoms with Gasteiger partial charge < -0.3 is 4.90 Å². The number of halogens is 1. The SMILES string of the molecule is CN(Cc1cccs1)c1cc(CCl)c2ccccc2n1. The quantitative estimate of drug-likeness (QED) is 0.651. The van der Waals surface area contributed by atoms with Crippen molar-refractivity contribution in [3.05, 3.63) is 58.3 Å². The van der Waals surface area contributed by atoms with Gasteiger partial charge in [0.25, 0.3) is 0 Å². The molecule has 3 rings (SSSR count).